The zero-order valence-electron chi connectivity index (χ0n) is 11.3. The van der Waals surface area contributed by atoms with Crippen molar-refractivity contribution in [3.8, 4) is 0 Å². The molecular weight excluding hydrogens is 224 g/mol. The first-order valence-corrected chi connectivity index (χ1v) is 6.64. The number of hydroxylamine groups is 1. The van der Waals surface area contributed by atoms with Crippen molar-refractivity contribution in [2.24, 2.45) is 16.7 Å². The fraction of sp³-hybridized carbons (Fsp3) is 0.533. The average Bonchev–Trinajstić information content (AvgIpc) is 2.70. The molecule has 2 atom stereocenters. The topological polar surface area (TPSA) is 36.1 Å². The molecule has 1 aromatic rings. The zero-order valence-corrected chi connectivity index (χ0v) is 11.3. The van der Waals surface area contributed by atoms with Crippen LogP contribution in [0.1, 0.15) is 33.6 Å². The first-order chi connectivity index (χ1) is 8.52. The fourth-order valence-corrected chi connectivity index (χ4v) is 3.93. The second-order valence-electron chi connectivity index (χ2n) is 6.30. The van der Waals surface area contributed by atoms with E-state index >= 15 is 0 Å². The van der Waals surface area contributed by atoms with Gasteiger partial charge in [0.15, 0.2) is 12.4 Å². The third kappa shape index (κ3) is 1.20. The van der Waals surface area contributed by atoms with Crippen molar-refractivity contribution >= 4 is 5.70 Å². The van der Waals surface area contributed by atoms with Crippen LogP contribution in [0.15, 0.2) is 36.3 Å². The van der Waals surface area contributed by atoms with E-state index in [-0.39, 0.29) is 10.8 Å². The van der Waals surface area contributed by atoms with Crippen LogP contribution in [0.3, 0.4) is 0 Å². The lowest BCUT2D eigenvalue weighted by Gasteiger charge is -2.35. The highest BCUT2D eigenvalue weighted by Gasteiger charge is 2.64. The molecule has 0 radical (unpaired) electrons. The van der Waals surface area contributed by atoms with Crippen LogP contribution in [-0.2, 0) is 0 Å². The van der Waals surface area contributed by atoms with Gasteiger partial charge in [-0.05, 0) is 18.3 Å². The Balaban J connectivity index is 2.20. The van der Waals surface area contributed by atoms with Gasteiger partial charge in [0, 0.05) is 17.5 Å². The highest BCUT2D eigenvalue weighted by molar-refractivity contribution is 5.55. The number of nitrogens with zero attached hydrogens (tertiary/aromatic N) is 1. The van der Waals surface area contributed by atoms with Crippen LogP contribution in [0.2, 0.25) is 0 Å². The van der Waals surface area contributed by atoms with E-state index in [1.807, 2.05) is 18.2 Å². The summed E-state index contributed by atoms with van der Waals surface area (Å²) in [4.78, 5) is 0. The highest BCUT2D eigenvalue weighted by atomic mass is 16.5. The van der Waals surface area contributed by atoms with Crippen LogP contribution in [0.5, 0.6) is 0 Å². The van der Waals surface area contributed by atoms with E-state index in [9.17, 15) is 5.21 Å². The summed E-state index contributed by atoms with van der Waals surface area (Å²) in [7, 11) is 0. The normalized spacial score (nSPS) is 33.0. The molecule has 2 bridgehead atoms. The van der Waals surface area contributed by atoms with Gasteiger partial charge < -0.3 is 0 Å². The molecule has 3 rings (SSSR count). The van der Waals surface area contributed by atoms with Crippen molar-refractivity contribution < 1.29 is 9.77 Å². The Morgan fingerprint density at radius 2 is 1.89 bits per heavy atom. The molecule has 3 nitrogen and oxygen atoms in total. The van der Waals surface area contributed by atoms with Gasteiger partial charge in [-0.15, -0.1) is 0 Å². The number of pyridine rings is 1. The average molecular weight is 245 g/mol. The van der Waals surface area contributed by atoms with Gasteiger partial charge in [0.25, 0.3) is 0 Å². The van der Waals surface area contributed by atoms with Crippen molar-refractivity contribution in [3.05, 3.63) is 36.3 Å². The van der Waals surface area contributed by atoms with Crippen LogP contribution in [0.4, 0.5) is 0 Å². The maximum Gasteiger partial charge on any atom is 0.212 e. The van der Waals surface area contributed by atoms with Gasteiger partial charge >= 0.3 is 0 Å². The van der Waals surface area contributed by atoms with Crippen molar-refractivity contribution in [1.82, 2.24) is 5.48 Å². The Bertz CT molecular complexity index is 506. The van der Waals surface area contributed by atoms with Gasteiger partial charge in [-0.3, -0.25) is 10.7 Å². The SMILES string of the molecule is CC1(C)[C@@H]2CC[C@]1(C)C(NO)=C2[n+]1ccccc1. The maximum absolute atomic E-state index is 9.60. The van der Waals surface area contributed by atoms with E-state index in [1.165, 1.54) is 12.1 Å². The fourth-order valence-electron chi connectivity index (χ4n) is 3.93. The molecule has 1 aromatic heterocycles. The van der Waals surface area contributed by atoms with Gasteiger partial charge in [-0.2, -0.15) is 4.57 Å². The number of aromatic nitrogens is 1. The molecule has 2 N–H and O–H groups in total. The van der Waals surface area contributed by atoms with Gasteiger partial charge in [0.2, 0.25) is 5.70 Å². The van der Waals surface area contributed by atoms with Crippen LogP contribution < -0.4 is 10.0 Å². The monoisotopic (exact) mass is 245 g/mol. The molecule has 0 amide bonds. The number of nitrogens with one attached hydrogen (secondary N) is 1. The van der Waals surface area contributed by atoms with Crippen LogP contribution in [0, 0.1) is 16.7 Å². The van der Waals surface area contributed by atoms with E-state index in [4.69, 9.17) is 0 Å². The summed E-state index contributed by atoms with van der Waals surface area (Å²) in [5, 5.41) is 9.60. The van der Waals surface area contributed by atoms with E-state index in [2.05, 4.69) is 43.2 Å². The summed E-state index contributed by atoms with van der Waals surface area (Å²) in [5.41, 5.74) is 4.97. The Morgan fingerprint density at radius 3 is 2.50 bits per heavy atom. The molecule has 0 saturated heterocycles. The molecule has 1 fully saturated rings. The van der Waals surface area contributed by atoms with E-state index in [0.29, 0.717) is 5.92 Å². The largest absolute Gasteiger partial charge is 0.291 e. The summed E-state index contributed by atoms with van der Waals surface area (Å²) in [6.07, 6.45) is 6.47. The zero-order chi connectivity index (χ0) is 13.0. The lowest BCUT2D eigenvalue weighted by Crippen LogP contribution is -2.38. The number of rotatable bonds is 2. The molecule has 96 valence electrons. The third-order valence-corrected chi connectivity index (χ3v) is 5.47. The van der Waals surface area contributed by atoms with Crippen molar-refractivity contribution in [2.75, 3.05) is 0 Å². The predicted octanol–water partition coefficient (Wildman–Crippen LogP) is 2.58. The molecule has 2 aliphatic rings. The Hall–Kier alpha value is -1.35. The molecular formula is C15H21N2O+. The van der Waals surface area contributed by atoms with Crippen LogP contribution >= 0.6 is 0 Å². The second-order valence-corrected chi connectivity index (χ2v) is 6.30. The molecule has 0 unspecified atom stereocenters. The van der Waals surface area contributed by atoms with Gasteiger partial charge in [0.1, 0.15) is 5.70 Å². The summed E-state index contributed by atoms with van der Waals surface area (Å²) in [6.45, 7) is 6.90. The van der Waals surface area contributed by atoms with Crippen molar-refractivity contribution in [1.29, 1.82) is 0 Å². The van der Waals surface area contributed by atoms with E-state index in [1.54, 1.807) is 0 Å². The lowest BCUT2D eigenvalue weighted by molar-refractivity contribution is -0.587. The van der Waals surface area contributed by atoms with E-state index < -0.39 is 0 Å². The second kappa shape index (κ2) is 3.58. The van der Waals surface area contributed by atoms with Crippen molar-refractivity contribution in [2.45, 2.75) is 33.6 Å². The smallest absolute Gasteiger partial charge is 0.212 e. The Kier molecular flexibility index (Phi) is 2.33. The summed E-state index contributed by atoms with van der Waals surface area (Å²) >= 11 is 0. The summed E-state index contributed by atoms with van der Waals surface area (Å²) in [6, 6.07) is 6.08. The summed E-state index contributed by atoms with van der Waals surface area (Å²) in [5.74, 6) is 0.504. The van der Waals surface area contributed by atoms with Crippen molar-refractivity contribution in [3.63, 3.8) is 0 Å². The number of fused-ring (bicyclic) bond motifs is 2. The molecule has 1 saturated carbocycles. The molecule has 0 aliphatic heterocycles. The minimum Gasteiger partial charge on any atom is -0.291 e. The molecule has 1 heterocycles. The minimum atomic E-state index is 0.0462. The van der Waals surface area contributed by atoms with Gasteiger partial charge in [0.05, 0.1) is 5.92 Å². The molecule has 2 aliphatic carbocycles. The molecule has 18 heavy (non-hydrogen) atoms. The Labute approximate surface area is 108 Å². The molecule has 0 spiro atoms. The number of hydrogen-bond donors (Lipinski definition) is 2. The highest BCUT2D eigenvalue weighted by Crippen LogP contribution is 2.67. The first-order valence-electron chi connectivity index (χ1n) is 6.64. The lowest BCUT2D eigenvalue weighted by atomic mass is 9.69. The van der Waals surface area contributed by atoms with Crippen LogP contribution in [-0.4, -0.2) is 5.21 Å². The predicted molar refractivity (Wildman–Crippen MR) is 69.4 cm³/mol. The maximum atomic E-state index is 9.60. The quantitative estimate of drug-likeness (QED) is 0.620. The standard InChI is InChI=1S/C15H21N2O/c1-14(2)11-7-8-15(14,3)13(16-18)12(11)17-9-5-4-6-10-17/h4-6,9-11,16,18H,7-8H2,1-3H3/q+1/t11-,15-/m1/s1. The minimum absolute atomic E-state index is 0.0462. The van der Waals surface area contributed by atoms with Gasteiger partial charge in [-0.1, -0.05) is 26.8 Å². The number of hydrogen-bond acceptors (Lipinski definition) is 2. The van der Waals surface area contributed by atoms with E-state index in [0.717, 1.165) is 12.1 Å². The first kappa shape index (κ1) is 11.7. The molecule has 3 heteroatoms. The third-order valence-electron chi connectivity index (χ3n) is 5.47. The molecule has 0 aromatic carbocycles. The van der Waals surface area contributed by atoms with Crippen LogP contribution in [0.25, 0.3) is 5.70 Å². The summed E-state index contributed by atoms with van der Waals surface area (Å²) < 4.78 is 2.15. The number of allylic oxidation sites excluding steroid dienone is 2. The van der Waals surface area contributed by atoms with Gasteiger partial charge in [-0.25, -0.2) is 0 Å². The Morgan fingerprint density at radius 1 is 1.22 bits per heavy atom.